The van der Waals surface area contributed by atoms with Crippen molar-refractivity contribution >= 4 is 45.8 Å². The molecule has 0 saturated heterocycles. The smallest absolute Gasteiger partial charge is 0.243 e. The standard InChI is InChI=1S/C13H18BrN3O2.ClH/c1-8-6-10(14)4-5-11(8)16-12(18)7-17(3)13(19)9(2)15;/h4-6,9H,7,15H2,1-3H3,(H,16,18);1H. The molecule has 0 fully saturated rings. The van der Waals surface area contributed by atoms with Gasteiger partial charge in [-0.15, -0.1) is 12.4 Å². The average Bonchev–Trinajstić information content (AvgIpc) is 2.31. The monoisotopic (exact) mass is 363 g/mol. The lowest BCUT2D eigenvalue weighted by Crippen LogP contribution is -2.43. The first-order valence-corrected chi connectivity index (χ1v) is 6.67. The maximum Gasteiger partial charge on any atom is 0.243 e. The minimum atomic E-state index is -0.604. The summed E-state index contributed by atoms with van der Waals surface area (Å²) in [5, 5.41) is 2.77. The number of hydrogen-bond donors (Lipinski definition) is 2. The molecule has 1 aromatic rings. The van der Waals surface area contributed by atoms with Crippen LogP contribution < -0.4 is 11.1 Å². The lowest BCUT2D eigenvalue weighted by molar-refractivity contribution is -0.134. The summed E-state index contributed by atoms with van der Waals surface area (Å²) in [5.74, 6) is -0.510. The van der Waals surface area contributed by atoms with Crippen LogP contribution in [0.15, 0.2) is 22.7 Å². The van der Waals surface area contributed by atoms with Crippen LogP contribution in [-0.2, 0) is 9.59 Å². The fourth-order valence-electron chi connectivity index (χ4n) is 1.60. The Morgan fingerprint density at radius 1 is 1.45 bits per heavy atom. The predicted molar refractivity (Wildman–Crippen MR) is 86.0 cm³/mol. The number of amides is 2. The van der Waals surface area contributed by atoms with E-state index in [0.717, 1.165) is 15.7 Å². The van der Waals surface area contributed by atoms with Gasteiger partial charge in [-0.2, -0.15) is 0 Å². The summed E-state index contributed by atoms with van der Waals surface area (Å²) in [6.45, 7) is 3.47. The molecule has 1 unspecified atom stereocenters. The molecule has 0 bridgehead atoms. The Labute approximate surface area is 133 Å². The highest BCUT2D eigenvalue weighted by Crippen LogP contribution is 2.19. The van der Waals surface area contributed by atoms with Crippen LogP contribution >= 0.6 is 28.3 Å². The Morgan fingerprint density at radius 3 is 2.55 bits per heavy atom. The van der Waals surface area contributed by atoms with Crippen molar-refractivity contribution in [2.75, 3.05) is 18.9 Å². The molecule has 0 aliphatic carbocycles. The van der Waals surface area contributed by atoms with Crippen molar-refractivity contribution in [1.82, 2.24) is 4.90 Å². The van der Waals surface area contributed by atoms with Gasteiger partial charge in [0.05, 0.1) is 12.6 Å². The molecule has 0 saturated carbocycles. The van der Waals surface area contributed by atoms with Crippen molar-refractivity contribution in [1.29, 1.82) is 0 Å². The van der Waals surface area contributed by atoms with Crippen molar-refractivity contribution in [3.05, 3.63) is 28.2 Å². The summed E-state index contributed by atoms with van der Waals surface area (Å²) in [7, 11) is 1.56. The molecule has 112 valence electrons. The zero-order valence-corrected chi connectivity index (χ0v) is 14.0. The van der Waals surface area contributed by atoms with E-state index < -0.39 is 6.04 Å². The van der Waals surface area contributed by atoms with E-state index in [1.165, 1.54) is 4.90 Å². The zero-order chi connectivity index (χ0) is 14.6. The van der Waals surface area contributed by atoms with Gasteiger partial charge in [-0.3, -0.25) is 9.59 Å². The Kier molecular flexibility index (Phi) is 7.78. The van der Waals surface area contributed by atoms with Gasteiger partial charge < -0.3 is 16.0 Å². The number of carbonyl (C=O) groups excluding carboxylic acids is 2. The zero-order valence-electron chi connectivity index (χ0n) is 11.6. The number of benzene rings is 1. The van der Waals surface area contributed by atoms with Gasteiger partial charge >= 0.3 is 0 Å². The Bertz CT molecular complexity index is 495. The number of hydrogen-bond acceptors (Lipinski definition) is 3. The summed E-state index contributed by atoms with van der Waals surface area (Å²) < 4.78 is 0.951. The molecule has 20 heavy (non-hydrogen) atoms. The van der Waals surface area contributed by atoms with Gasteiger partial charge in [0, 0.05) is 17.2 Å². The van der Waals surface area contributed by atoms with Crippen LogP contribution in [0, 0.1) is 6.92 Å². The first kappa shape index (κ1) is 18.9. The molecule has 1 atom stereocenters. The van der Waals surface area contributed by atoms with Crippen LogP contribution in [0.5, 0.6) is 0 Å². The van der Waals surface area contributed by atoms with Crippen LogP contribution in [0.1, 0.15) is 12.5 Å². The largest absolute Gasteiger partial charge is 0.335 e. The minimum absolute atomic E-state index is 0. The second kappa shape index (κ2) is 8.24. The molecule has 0 aliphatic heterocycles. The van der Waals surface area contributed by atoms with Crippen molar-refractivity contribution in [2.45, 2.75) is 19.9 Å². The number of nitrogens with zero attached hydrogens (tertiary/aromatic N) is 1. The maximum atomic E-state index is 11.8. The molecular formula is C13H19BrClN3O2. The number of halogens is 2. The molecule has 7 heteroatoms. The summed E-state index contributed by atoms with van der Waals surface area (Å²) >= 11 is 3.36. The third-order valence-corrected chi connectivity index (χ3v) is 3.10. The van der Waals surface area contributed by atoms with Gasteiger partial charge in [-0.25, -0.2) is 0 Å². The number of likely N-dealkylation sites (N-methyl/N-ethyl adjacent to an activating group) is 1. The van der Waals surface area contributed by atoms with Gasteiger partial charge in [0.15, 0.2) is 0 Å². The second-order valence-electron chi connectivity index (χ2n) is 4.49. The summed E-state index contributed by atoms with van der Waals surface area (Å²) in [5.41, 5.74) is 7.16. The minimum Gasteiger partial charge on any atom is -0.335 e. The first-order chi connectivity index (χ1) is 8.81. The number of aryl methyl sites for hydroxylation is 1. The Morgan fingerprint density at radius 2 is 2.05 bits per heavy atom. The fraction of sp³-hybridized carbons (Fsp3) is 0.385. The average molecular weight is 365 g/mol. The molecule has 0 heterocycles. The fourth-order valence-corrected chi connectivity index (χ4v) is 2.07. The quantitative estimate of drug-likeness (QED) is 0.857. The van der Waals surface area contributed by atoms with Gasteiger partial charge in [-0.1, -0.05) is 15.9 Å². The number of carbonyl (C=O) groups is 2. The van der Waals surface area contributed by atoms with E-state index in [4.69, 9.17) is 5.73 Å². The molecule has 1 aromatic carbocycles. The number of anilines is 1. The SMILES string of the molecule is Cc1cc(Br)ccc1NC(=O)CN(C)C(=O)C(C)N.Cl. The molecular weight excluding hydrogens is 346 g/mol. The topological polar surface area (TPSA) is 75.4 Å². The molecule has 0 radical (unpaired) electrons. The predicted octanol–water partition coefficient (Wildman–Crippen LogP) is 1.92. The van der Waals surface area contributed by atoms with Crippen molar-refractivity contribution in [2.24, 2.45) is 5.73 Å². The van der Waals surface area contributed by atoms with E-state index >= 15 is 0 Å². The lowest BCUT2D eigenvalue weighted by Gasteiger charge is -2.19. The highest BCUT2D eigenvalue weighted by Gasteiger charge is 2.16. The van der Waals surface area contributed by atoms with Gasteiger partial charge in [0.2, 0.25) is 11.8 Å². The van der Waals surface area contributed by atoms with E-state index in [0.29, 0.717) is 0 Å². The molecule has 1 rings (SSSR count). The van der Waals surface area contributed by atoms with Crippen LogP contribution in [-0.4, -0.2) is 36.3 Å². The summed E-state index contributed by atoms with van der Waals surface area (Å²) in [4.78, 5) is 24.7. The van der Waals surface area contributed by atoms with Crippen molar-refractivity contribution in [3.63, 3.8) is 0 Å². The number of nitrogens with two attached hydrogens (primary N) is 1. The highest BCUT2D eigenvalue weighted by molar-refractivity contribution is 9.10. The molecule has 0 spiro atoms. The molecule has 2 amide bonds. The van der Waals surface area contributed by atoms with Gasteiger partial charge in [0.25, 0.3) is 0 Å². The first-order valence-electron chi connectivity index (χ1n) is 5.88. The number of nitrogens with one attached hydrogen (secondary N) is 1. The van der Waals surface area contributed by atoms with E-state index in [1.54, 1.807) is 14.0 Å². The molecule has 5 nitrogen and oxygen atoms in total. The summed E-state index contributed by atoms with van der Waals surface area (Å²) in [6, 6.07) is 4.96. The molecule has 3 N–H and O–H groups in total. The Balaban J connectivity index is 0.00000361. The van der Waals surface area contributed by atoms with Crippen LogP contribution in [0.3, 0.4) is 0 Å². The number of rotatable bonds is 4. The molecule has 0 aromatic heterocycles. The maximum absolute atomic E-state index is 11.8. The van der Waals surface area contributed by atoms with Gasteiger partial charge in [-0.05, 0) is 37.6 Å². The normalized spacial score (nSPS) is 11.2. The van der Waals surface area contributed by atoms with Crippen LogP contribution in [0.25, 0.3) is 0 Å². The molecule has 0 aliphatic rings. The highest BCUT2D eigenvalue weighted by atomic mass is 79.9. The van der Waals surface area contributed by atoms with Crippen molar-refractivity contribution in [3.8, 4) is 0 Å². The van der Waals surface area contributed by atoms with E-state index in [2.05, 4.69) is 21.2 Å². The van der Waals surface area contributed by atoms with Gasteiger partial charge in [0.1, 0.15) is 0 Å². The van der Waals surface area contributed by atoms with Crippen molar-refractivity contribution < 1.29 is 9.59 Å². The summed E-state index contributed by atoms with van der Waals surface area (Å²) in [6.07, 6.45) is 0. The Hall–Kier alpha value is -1.11. The van der Waals surface area contributed by atoms with E-state index in [9.17, 15) is 9.59 Å². The van der Waals surface area contributed by atoms with Crippen LogP contribution in [0.4, 0.5) is 5.69 Å². The lowest BCUT2D eigenvalue weighted by atomic mass is 10.2. The van der Waals surface area contributed by atoms with E-state index in [-0.39, 0.29) is 30.8 Å². The van der Waals surface area contributed by atoms with E-state index in [1.807, 2.05) is 25.1 Å². The third-order valence-electron chi connectivity index (χ3n) is 2.61. The third kappa shape index (κ3) is 5.48. The van der Waals surface area contributed by atoms with Crippen LogP contribution in [0.2, 0.25) is 0 Å². The second-order valence-corrected chi connectivity index (χ2v) is 5.41.